The van der Waals surface area contributed by atoms with Gasteiger partial charge in [-0.2, -0.15) is 0 Å². The molecule has 4 nitrogen and oxygen atoms in total. The van der Waals surface area contributed by atoms with Gasteiger partial charge in [0.2, 0.25) is 5.91 Å². The van der Waals surface area contributed by atoms with Gasteiger partial charge in [0.25, 0.3) is 0 Å². The molecule has 1 aromatic carbocycles. The Labute approximate surface area is 121 Å². The van der Waals surface area contributed by atoms with Gasteiger partial charge in [0.05, 0.1) is 6.54 Å². The number of benzene rings is 1. The maximum absolute atomic E-state index is 11.9. The van der Waals surface area contributed by atoms with Crippen LogP contribution in [0, 0.1) is 0 Å². The quantitative estimate of drug-likeness (QED) is 0.866. The zero-order valence-electron chi connectivity index (χ0n) is 12.6. The lowest BCUT2D eigenvalue weighted by atomic mass is 10.2. The van der Waals surface area contributed by atoms with E-state index in [2.05, 4.69) is 36.2 Å². The van der Waals surface area contributed by atoms with Gasteiger partial charge in [-0.1, -0.05) is 0 Å². The fourth-order valence-corrected chi connectivity index (χ4v) is 2.63. The minimum atomic E-state index is 0.204. The highest BCUT2D eigenvalue weighted by Crippen LogP contribution is 2.17. The molecule has 1 amide bonds. The lowest BCUT2D eigenvalue weighted by molar-refractivity contribution is -0.128. The monoisotopic (exact) mass is 275 g/mol. The third-order valence-electron chi connectivity index (χ3n) is 3.90. The van der Waals surface area contributed by atoms with Crippen LogP contribution in [-0.4, -0.2) is 43.5 Å². The number of anilines is 2. The molecule has 2 rings (SSSR count). The zero-order valence-corrected chi connectivity index (χ0v) is 12.6. The molecule has 20 heavy (non-hydrogen) atoms. The van der Waals surface area contributed by atoms with Gasteiger partial charge in [-0.25, -0.2) is 0 Å². The minimum Gasteiger partial charge on any atom is -0.376 e. The van der Waals surface area contributed by atoms with Crippen LogP contribution < -0.4 is 10.2 Å². The van der Waals surface area contributed by atoms with E-state index in [-0.39, 0.29) is 5.91 Å². The van der Waals surface area contributed by atoms with Crippen LogP contribution in [0.5, 0.6) is 0 Å². The van der Waals surface area contributed by atoms with E-state index < -0.39 is 0 Å². The molecule has 0 bridgehead atoms. The average molecular weight is 275 g/mol. The molecule has 110 valence electrons. The fourth-order valence-electron chi connectivity index (χ4n) is 2.63. The Morgan fingerprint density at radius 1 is 1.15 bits per heavy atom. The number of likely N-dealkylation sites (tertiary alicyclic amines) is 1. The van der Waals surface area contributed by atoms with Gasteiger partial charge in [-0.05, 0) is 51.0 Å². The first kappa shape index (κ1) is 14.7. The number of nitrogens with one attached hydrogen (secondary N) is 1. The normalized spacial score (nSPS) is 14.4. The van der Waals surface area contributed by atoms with E-state index in [0.717, 1.165) is 44.7 Å². The van der Waals surface area contributed by atoms with Gasteiger partial charge in [0.1, 0.15) is 0 Å². The molecule has 1 fully saturated rings. The van der Waals surface area contributed by atoms with E-state index in [9.17, 15) is 4.79 Å². The van der Waals surface area contributed by atoms with E-state index in [1.54, 1.807) is 0 Å². The smallest absolute Gasteiger partial charge is 0.241 e. The Hall–Kier alpha value is -1.71. The van der Waals surface area contributed by atoms with Crippen LogP contribution in [-0.2, 0) is 4.79 Å². The summed E-state index contributed by atoms with van der Waals surface area (Å²) in [4.78, 5) is 16.2. The number of nitrogens with zero attached hydrogens (tertiary/aromatic N) is 2. The number of carbonyl (C=O) groups excluding carboxylic acids is 1. The molecule has 1 heterocycles. The Kier molecular flexibility index (Phi) is 5.27. The molecule has 1 N–H and O–H groups in total. The molecule has 0 unspecified atom stereocenters. The van der Waals surface area contributed by atoms with Crippen molar-refractivity contribution in [3.8, 4) is 0 Å². The molecule has 0 spiro atoms. The van der Waals surface area contributed by atoms with Crippen molar-refractivity contribution in [1.82, 2.24) is 4.90 Å². The summed E-state index contributed by atoms with van der Waals surface area (Å²) in [6, 6.07) is 8.31. The van der Waals surface area contributed by atoms with Crippen LogP contribution in [0.3, 0.4) is 0 Å². The molecule has 1 aliphatic rings. The molecular formula is C16H25N3O. The van der Waals surface area contributed by atoms with Crippen LogP contribution in [0.15, 0.2) is 24.3 Å². The van der Waals surface area contributed by atoms with Crippen LogP contribution in [0.1, 0.15) is 26.7 Å². The van der Waals surface area contributed by atoms with Crippen molar-refractivity contribution in [2.45, 2.75) is 26.7 Å². The molecule has 4 heteroatoms. The lowest BCUT2D eigenvalue weighted by Gasteiger charge is -2.21. The molecule has 0 atom stereocenters. The van der Waals surface area contributed by atoms with E-state index in [0.29, 0.717) is 6.54 Å². The van der Waals surface area contributed by atoms with Crippen LogP contribution >= 0.6 is 0 Å². The summed E-state index contributed by atoms with van der Waals surface area (Å²) in [6.45, 7) is 8.57. The fraction of sp³-hybridized carbons (Fsp3) is 0.562. The zero-order chi connectivity index (χ0) is 14.4. The summed E-state index contributed by atoms with van der Waals surface area (Å²) in [7, 11) is 0. The van der Waals surface area contributed by atoms with Crippen LogP contribution in [0.25, 0.3) is 0 Å². The predicted molar refractivity (Wildman–Crippen MR) is 84.3 cm³/mol. The first-order valence-corrected chi connectivity index (χ1v) is 7.61. The van der Waals surface area contributed by atoms with Gasteiger partial charge < -0.3 is 15.1 Å². The van der Waals surface area contributed by atoms with Gasteiger partial charge >= 0.3 is 0 Å². The summed E-state index contributed by atoms with van der Waals surface area (Å²) >= 11 is 0. The Morgan fingerprint density at radius 3 is 2.30 bits per heavy atom. The minimum absolute atomic E-state index is 0.204. The molecule has 0 aliphatic carbocycles. The number of rotatable bonds is 6. The second-order valence-corrected chi connectivity index (χ2v) is 5.16. The third-order valence-corrected chi connectivity index (χ3v) is 3.90. The highest BCUT2D eigenvalue weighted by atomic mass is 16.2. The van der Waals surface area contributed by atoms with Crippen molar-refractivity contribution in [2.75, 3.05) is 42.9 Å². The SMILES string of the molecule is CCN(CC)c1ccc(NCC(=O)N2CCCC2)cc1. The van der Waals surface area contributed by atoms with Crippen molar-refractivity contribution in [3.63, 3.8) is 0 Å². The highest BCUT2D eigenvalue weighted by Gasteiger charge is 2.17. The number of carbonyl (C=O) groups is 1. The molecule has 0 saturated carbocycles. The van der Waals surface area contributed by atoms with E-state index >= 15 is 0 Å². The van der Waals surface area contributed by atoms with E-state index in [1.165, 1.54) is 5.69 Å². The average Bonchev–Trinajstić information content (AvgIpc) is 3.01. The number of amides is 1. The Bertz CT molecular complexity index is 420. The highest BCUT2D eigenvalue weighted by molar-refractivity contribution is 5.81. The van der Waals surface area contributed by atoms with Crippen molar-refractivity contribution in [1.29, 1.82) is 0 Å². The first-order valence-electron chi connectivity index (χ1n) is 7.61. The summed E-state index contributed by atoms with van der Waals surface area (Å²) in [5.41, 5.74) is 2.24. The standard InChI is InChI=1S/C16H25N3O/c1-3-18(4-2)15-9-7-14(8-10-15)17-13-16(20)19-11-5-6-12-19/h7-10,17H,3-6,11-13H2,1-2H3. The molecule has 1 saturated heterocycles. The topological polar surface area (TPSA) is 35.6 Å². The van der Waals surface area contributed by atoms with Gasteiger partial charge in [-0.3, -0.25) is 4.79 Å². The molecule has 0 aromatic heterocycles. The predicted octanol–water partition coefficient (Wildman–Crippen LogP) is 2.57. The van der Waals surface area contributed by atoms with Crippen molar-refractivity contribution in [2.24, 2.45) is 0 Å². The number of hydrogen-bond acceptors (Lipinski definition) is 3. The van der Waals surface area contributed by atoms with Gasteiger partial charge in [0, 0.05) is 37.6 Å². The van der Waals surface area contributed by atoms with Crippen LogP contribution in [0.4, 0.5) is 11.4 Å². The molecule has 1 aromatic rings. The van der Waals surface area contributed by atoms with E-state index in [1.807, 2.05) is 17.0 Å². The molecule has 1 aliphatic heterocycles. The van der Waals surface area contributed by atoms with Gasteiger partial charge in [0.15, 0.2) is 0 Å². The van der Waals surface area contributed by atoms with Crippen LogP contribution in [0.2, 0.25) is 0 Å². The first-order chi connectivity index (χ1) is 9.74. The largest absolute Gasteiger partial charge is 0.376 e. The number of hydrogen-bond donors (Lipinski definition) is 1. The maximum Gasteiger partial charge on any atom is 0.241 e. The van der Waals surface area contributed by atoms with Crippen molar-refractivity contribution < 1.29 is 4.79 Å². The maximum atomic E-state index is 11.9. The van der Waals surface area contributed by atoms with Crippen molar-refractivity contribution in [3.05, 3.63) is 24.3 Å². The summed E-state index contributed by atoms with van der Waals surface area (Å²) in [6.07, 6.45) is 2.29. The third kappa shape index (κ3) is 3.65. The second-order valence-electron chi connectivity index (χ2n) is 5.16. The summed E-state index contributed by atoms with van der Waals surface area (Å²) in [5.74, 6) is 0.204. The molecular weight excluding hydrogens is 250 g/mol. The molecule has 0 radical (unpaired) electrons. The van der Waals surface area contributed by atoms with Gasteiger partial charge in [-0.15, -0.1) is 0 Å². The summed E-state index contributed by atoms with van der Waals surface area (Å²) < 4.78 is 0. The lowest BCUT2D eigenvalue weighted by Crippen LogP contribution is -2.32. The Morgan fingerprint density at radius 2 is 1.75 bits per heavy atom. The summed E-state index contributed by atoms with van der Waals surface area (Å²) in [5, 5.41) is 3.21. The van der Waals surface area contributed by atoms with E-state index in [4.69, 9.17) is 0 Å². The second kappa shape index (κ2) is 7.17. The Balaban J connectivity index is 1.85. The van der Waals surface area contributed by atoms with Crippen molar-refractivity contribution >= 4 is 17.3 Å².